The first-order valence-electron chi connectivity index (χ1n) is 9.35. The maximum atomic E-state index is 13.7. The molecule has 1 saturated heterocycles. The second-order valence-electron chi connectivity index (χ2n) is 6.62. The Balaban J connectivity index is 1.54. The molecule has 0 aromatic heterocycles. The maximum Gasteiger partial charge on any atom is 0.315 e. The molecule has 2 aromatic carbocycles. The molecule has 0 radical (unpaired) electrons. The highest BCUT2D eigenvalue weighted by atomic mass is 19.1. The lowest BCUT2D eigenvalue weighted by molar-refractivity contribution is 0.0340. The molecule has 2 N–H and O–H groups in total. The lowest BCUT2D eigenvalue weighted by atomic mass is 10.1. The van der Waals surface area contributed by atoms with Crippen LogP contribution in [0.1, 0.15) is 17.2 Å². The van der Waals surface area contributed by atoms with E-state index in [2.05, 4.69) is 15.5 Å². The van der Waals surface area contributed by atoms with Crippen molar-refractivity contribution in [3.05, 3.63) is 71.5 Å². The maximum absolute atomic E-state index is 13.7. The number of morpholine rings is 1. The molecular weight excluding hydrogens is 345 g/mol. The van der Waals surface area contributed by atoms with Crippen molar-refractivity contribution in [1.82, 2.24) is 15.5 Å². The summed E-state index contributed by atoms with van der Waals surface area (Å²) in [5.74, 6) is -0.241. The fourth-order valence-electron chi connectivity index (χ4n) is 3.18. The van der Waals surface area contributed by atoms with Crippen LogP contribution in [0.4, 0.5) is 9.18 Å². The molecule has 0 unspecified atom stereocenters. The summed E-state index contributed by atoms with van der Waals surface area (Å²) in [5.41, 5.74) is 1.67. The third kappa shape index (κ3) is 6.05. The predicted octanol–water partition coefficient (Wildman–Crippen LogP) is 2.74. The Morgan fingerprint density at radius 1 is 1.07 bits per heavy atom. The van der Waals surface area contributed by atoms with Gasteiger partial charge >= 0.3 is 6.03 Å². The quantitative estimate of drug-likeness (QED) is 0.787. The van der Waals surface area contributed by atoms with Crippen molar-refractivity contribution in [2.75, 3.05) is 39.4 Å². The Bertz CT molecular complexity index is 720. The number of nitrogens with one attached hydrogen (secondary N) is 2. The number of carbonyl (C=O) groups excluding carboxylic acids is 1. The SMILES string of the molecule is O=C(NCCc1ccccc1F)N[C@H](CN1CCOCC1)c1ccccc1. The number of hydrogen-bond donors (Lipinski definition) is 2. The van der Waals surface area contributed by atoms with Gasteiger partial charge in [0.05, 0.1) is 19.3 Å². The number of urea groups is 1. The van der Waals surface area contributed by atoms with Crippen molar-refractivity contribution in [3.63, 3.8) is 0 Å². The monoisotopic (exact) mass is 371 g/mol. The van der Waals surface area contributed by atoms with Gasteiger partial charge in [-0.05, 0) is 23.6 Å². The van der Waals surface area contributed by atoms with E-state index < -0.39 is 0 Å². The summed E-state index contributed by atoms with van der Waals surface area (Å²) in [6.45, 7) is 4.27. The first-order chi connectivity index (χ1) is 13.2. The van der Waals surface area contributed by atoms with Crippen LogP contribution in [0.15, 0.2) is 54.6 Å². The fourth-order valence-corrected chi connectivity index (χ4v) is 3.18. The molecule has 1 aliphatic rings. The molecular formula is C21H26FN3O2. The highest BCUT2D eigenvalue weighted by Crippen LogP contribution is 2.15. The molecule has 0 aliphatic carbocycles. The Kier molecular flexibility index (Phi) is 7.19. The standard InChI is InChI=1S/C21H26FN3O2/c22-19-9-5-4-6-17(19)10-11-23-21(26)24-20(18-7-2-1-3-8-18)16-25-12-14-27-15-13-25/h1-9,20H,10-16H2,(H2,23,24,26)/t20-/m1/s1. The van der Waals surface area contributed by atoms with E-state index in [1.165, 1.54) is 6.07 Å². The molecule has 1 heterocycles. The van der Waals surface area contributed by atoms with Crippen molar-refractivity contribution < 1.29 is 13.9 Å². The summed E-state index contributed by atoms with van der Waals surface area (Å²) in [6, 6.07) is 16.2. The van der Waals surface area contributed by atoms with E-state index in [4.69, 9.17) is 4.74 Å². The van der Waals surface area contributed by atoms with Gasteiger partial charge in [0.2, 0.25) is 0 Å². The van der Waals surface area contributed by atoms with Gasteiger partial charge < -0.3 is 15.4 Å². The van der Waals surface area contributed by atoms with E-state index in [-0.39, 0.29) is 17.9 Å². The summed E-state index contributed by atoms with van der Waals surface area (Å²) < 4.78 is 19.1. The summed E-state index contributed by atoms with van der Waals surface area (Å²) in [4.78, 5) is 14.7. The lowest BCUT2D eigenvalue weighted by Gasteiger charge is -2.31. The molecule has 2 aromatic rings. The van der Waals surface area contributed by atoms with Gasteiger partial charge in [-0.1, -0.05) is 48.5 Å². The van der Waals surface area contributed by atoms with E-state index in [1.54, 1.807) is 18.2 Å². The summed E-state index contributed by atoms with van der Waals surface area (Å²) in [5, 5.41) is 5.89. The van der Waals surface area contributed by atoms with Crippen LogP contribution in [0.2, 0.25) is 0 Å². The molecule has 6 heteroatoms. The Morgan fingerprint density at radius 2 is 1.78 bits per heavy atom. The average molecular weight is 371 g/mol. The highest BCUT2D eigenvalue weighted by Gasteiger charge is 2.20. The predicted molar refractivity (Wildman–Crippen MR) is 103 cm³/mol. The largest absolute Gasteiger partial charge is 0.379 e. The first-order valence-corrected chi connectivity index (χ1v) is 9.35. The van der Waals surface area contributed by atoms with Gasteiger partial charge in [0, 0.05) is 26.2 Å². The summed E-state index contributed by atoms with van der Waals surface area (Å²) in [7, 11) is 0. The normalized spacial score (nSPS) is 15.9. The van der Waals surface area contributed by atoms with Crippen molar-refractivity contribution in [3.8, 4) is 0 Å². The minimum Gasteiger partial charge on any atom is -0.379 e. The van der Waals surface area contributed by atoms with Gasteiger partial charge in [0.25, 0.3) is 0 Å². The average Bonchev–Trinajstić information content (AvgIpc) is 2.70. The molecule has 0 saturated carbocycles. The van der Waals surface area contributed by atoms with E-state index >= 15 is 0 Å². The van der Waals surface area contributed by atoms with E-state index in [0.29, 0.717) is 18.5 Å². The van der Waals surface area contributed by atoms with Crippen LogP contribution >= 0.6 is 0 Å². The van der Waals surface area contributed by atoms with Gasteiger partial charge in [-0.3, -0.25) is 4.90 Å². The van der Waals surface area contributed by atoms with Crippen molar-refractivity contribution in [2.24, 2.45) is 0 Å². The van der Waals surface area contributed by atoms with Crippen molar-refractivity contribution in [2.45, 2.75) is 12.5 Å². The Labute approximate surface area is 159 Å². The van der Waals surface area contributed by atoms with Crippen LogP contribution in [0, 0.1) is 5.82 Å². The minimum absolute atomic E-state index is 0.113. The number of ether oxygens (including phenoxy) is 1. The molecule has 1 fully saturated rings. The smallest absolute Gasteiger partial charge is 0.315 e. The zero-order chi connectivity index (χ0) is 18.9. The number of hydrogen-bond acceptors (Lipinski definition) is 3. The summed E-state index contributed by atoms with van der Waals surface area (Å²) in [6.07, 6.45) is 0.458. The van der Waals surface area contributed by atoms with Gasteiger partial charge in [-0.2, -0.15) is 0 Å². The second kappa shape index (κ2) is 10.0. The zero-order valence-corrected chi connectivity index (χ0v) is 15.4. The van der Waals surface area contributed by atoms with Crippen LogP contribution in [0.3, 0.4) is 0 Å². The lowest BCUT2D eigenvalue weighted by Crippen LogP contribution is -2.45. The van der Waals surface area contributed by atoms with Crippen molar-refractivity contribution in [1.29, 1.82) is 0 Å². The summed E-state index contributed by atoms with van der Waals surface area (Å²) >= 11 is 0. The molecule has 0 spiro atoms. The van der Waals surface area contributed by atoms with Crippen LogP contribution in [0.5, 0.6) is 0 Å². The first kappa shape index (κ1) is 19.3. The van der Waals surface area contributed by atoms with Crippen LogP contribution in [-0.2, 0) is 11.2 Å². The molecule has 3 rings (SSSR count). The molecule has 5 nitrogen and oxygen atoms in total. The van der Waals surface area contributed by atoms with Gasteiger partial charge in [-0.15, -0.1) is 0 Å². The topological polar surface area (TPSA) is 53.6 Å². The van der Waals surface area contributed by atoms with E-state index in [9.17, 15) is 9.18 Å². The number of halogens is 1. The Morgan fingerprint density at radius 3 is 2.52 bits per heavy atom. The molecule has 1 atom stereocenters. The van der Waals surface area contributed by atoms with Crippen LogP contribution in [-0.4, -0.2) is 50.3 Å². The van der Waals surface area contributed by atoms with E-state index in [1.807, 2.05) is 30.3 Å². The second-order valence-corrected chi connectivity index (χ2v) is 6.62. The van der Waals surface area contributed by atoms with Gasteiger partial charge in [0.1, 0.15) is 5.82 Å². The number of amides is 2. The molecule has 0 bridgehead atoms. The molecule has 144 valence electrons. The number of rotatable bonds is 7. The van der Waals surface area contributed by atoms with Gasteiger partial charge in [-0.25, -0.2) is 9.18 Å². The molecule has 2 amide bonds. The van der Waals surface area contributed by atoms with Gasteiger partial charge in [0.15, 0.2) is 0 Å². The fraction of sp³-hybridized carbons (Fsp3) is 0.381. The van der Waals surface area contributed by atoms with E-state index in [0.717, 1.165) is 38.4 Å². The third-order valence-corrected chi connectivity index (χ3v) is 4.69. The number of carbonyl (C=O) groups is 1. The molecule has 1 aliphatic heterocycles. The molecule has 27 heavy (non-hydrogen) atoms. The Hall–Kier alpha value is -2.44. The van der Waals surface area contributed by atoms with Crippen molar-refractivity contribution >= 4 is 6.03 Å². The zero-order valence-electron chi connectivity index (χ0n) is 15.4. The minimum atomic E-state index is -0.242. The van der Waals surface area contributed by atoms with Crippen LogP contribution < -0.4 is 10.6 Å². The number of benzene rings is 2. The van der Waals surface area contributed by atoms with Crippen LogP contribution in [0.25, 0.3) is 0 Å². The third-order valence-electron chi connectivity index (χ3n) is 4.69. The highest BCUT2D eigenvalue weighted by molar-refractivity contribution is 5.74. The number of nitrogens with zero attached hydrogens (tertiary/aromatic N) is 1.